The van der Waals surface area contributed by atoms with Crippen LogP contribution in [-0.2, 0) is 16.0 Å². The summed E-state index contributed by atoms with van der Waals surface area (Å²) in [5, 5.41) is 7.27. The predicted molar refractivity (Wildman–Crippen MR) is 88.8 cm³/mol. The molecule has 1 aliphatic rings. The summed E-state index contributed by atoms with van der Waals surface area (Å²) in [6.07, 6.45) is 1.16. The molecule has 1 amide bonds. The van der Waals surface area contributed by atoms with Gasteiger partial charge >= 0.3 is 0 Å². The molecule has 1 N–H and O–H groups in total. The molecule has 24 heavy (non-hydrogen) atoms. The number of morpholine rings is 1. The molecule has 2 aromatic heterocycles. The molecule has 8 nitrogen and oxygen atoms in total. The molecule has 130 valence electrons. The minimum Gasteiger partial charge on any atom is -0.375 e. The third kappa shape index (κ3) is 4.07. The Morgan fingerprint density at radius 3 is 3.04 bits per heavy atom. The van der Waals surface area contributed by atoms with Gasteiger partial charge in [0.25, 0.3) is 5.78 Å². The summed E-state index contributed by atoms with van der Waals surface area (Å²) in [4.78, 5) is 23.0. The van der Waals surface area contributed by atoms with E-state index in [0.29, 0.717) is 18.1 Å². The van der Waals surface area contributed by atoms with Gasteiger partial charge in [0.15, 0.2) is 5.82 Å². The van der Waals surface area contributed by atoms with E-state index in [2.05, 4.69) is 32.3 Å². The van der Waals surface area contributed by atoms with Crippen LogP contribution >= 0.6 is 0 Å². The zero-order valence-corrected chi connectivity index (χ0v) is 14.4. The second kappa shape index (κ2) is 7.23. The zero-order chi connectivity index (χ0) is 17.1. The van der Waals surface area contributed by atoms with Gasteiger partial charge < -0.3 is 15.0 Å². The first-order valence-electron chi connectivity index (χ1n) is 8.28. The number of likely N-dealkylation sites (N-methyl/N-ethyl adjacent to an activating group) is 1. The molecule has 1 fully saturated rings. The highest BCUT2D eigenvalue weighted by Gasteiger charge is 2.18. The Labute approximate surface area is 141 Å². The summed E-state index contributed by atoms with van der Waals surface area (Å²) in [6, 6.07) is 1.94. The highest BCUT2D eigenvalue weighted by Crippen LogP contribution is 2.07. The number of nitrogens with zero attached hydrogens (tertiary/aromatic N) is 5. The molecule has 0 spiro atoms. The van der Waals surface area contributed by atoms with E-state index in [1.807, 2.05) is 19.9 Å². The zero-order valence-electron chi connectivity index (χ0n) is 14.4. The highest BCUT2D eigenvalue weighted by atomic mass is 16.5. The summed E-state index contributed by atoms with van der Waals surface area (Å²) < 4.78 is 7.35. The van der Waals surface area contributed by atoms with Crippen LogP contribution in [0.2, 0.25) is 0 Å². The van der Waals surface area contributed by atoms with E-state index in [0.717, 1.165) is 37.5 Å². The normalized spacial score (nSPS) is 18.9. The van der Waals surface area contributed by atoms with Crippen molar-refractivity contribution in [3.05, 3.63) is 23.3 Å². The van der Waals surface area contributed by atoms with Crippen LogP contribution in [0, 0.1) is 13.8 Å². The number of aromatic nitrogens is 4. The number of fused-ring (bicyclic) bond motifs is 1. The van der Waals surface area contributed by atoms with Crippen molar-refractivity contribution in [2.75, 3.05) is 33.3 Å². The van der Waals surface area contributed by atoms with Crippen LogP contribution < -0.4 is 5.32 Å². The van der Waals surface area contributed by atoms with Gasteiger partial charge in [-0.25, -0.2) is 9.50 Å². The van der Waals surface area contributed by atoms with Crippen LogP contribution in [0.15, 0.2) is 6.07 Å². The molecular weight excluding hydrogens is 308 g/mol. The molecule has 2 aromatic rings. The number of rotatable bonds is 5. The van der Waals surface area contributed by atoms with E-state index in [9.17, 15) is 4.79 Å². The lowest BCUT2D eigenvalue weighted by Crippen LogP contribution is -2.41. The van der Waals surface area contributed by atoms with Crippen molar-refractivity contribution in [2.24, 2.45) is 0 Å². The Morgan fingerprint density at radius 1 is 1.42 bits per heavy atom. The molecule has 1 unspecified atom stereocenters. The number of hydrogen-bond donors (Lipinski definition) is 1. The Hall–Kier alpha value is -2.06. The molecule has 8 heteroatoms. The molecular formula is C16H24N6O2. The van der Waals surface area contributed by atoms with E-state index in [1.165, 1.54) is 0 Å². The Balaban J connectivity index is 1.50. The van der Waals surface area contributed by atoms with Gasteiger partial charge in [0.1, 0.15) is 0 Å². The van der Waals surface area contributed by atoms with E-state index < -0.39 is 0 Å². The number of amides is 1. The summed E-state index contributed by atoms with van der Waals surface area (Å²) in [5.74, 6) is 0.945. The van der Waals surface area contributed by atoms with Crippen molar-refractivity contribution in [2.45, 2.75) is 32.8 Å². The van der Waals surface area contributed by atoms with Crippen molar-refractivity contribution >= 4 is 11.7 Å². The molecule has 1 aliphatic heterocycles. The Bertz CT molecular complexity index is 729. The lowest BCUT2D eigenvalue weighted by atomic mass is 10.2. The SMILES string of the molecule is Cc1cc(C)n2nc(CC(=O)NCCC3CN(C)CCO3)nc2n1. The highest BCUT2D eigenvalue weighted by molar-refractivity contribution is 5.77. The first-order valence-corrected chi connectivity index (χ1v) is 8.28. The lowest BCUT2D eigenvalue weighted by Gasteiger charge is -2.30. The fourth-order valence-corrected chi connectivity index (χ4v) is 2.90. The van der Waals surface area contributed by atoms with Gasteiger partial charge in [0.2, 0.25) is 5.91 Å². The van der Waals surface area contributed by atoms with Gasteiger partial charge in [0.05, 0.1) is 19.1 Å². The molecule has 0 radical (unpaired) electrons. The predicted octanol–water partition coefficient (Wildman–Crippen LogP) is 0.121. The van der Waals surface area contributed by atoms with Gasteiger partial charge in [-0.3, -0.25) is 4.79 Å². The Morgan fingerprint density at radius 2 is 2.25 bits per heavy atom. The van der Waals surface area contributed by atoms with Gasteiger partial charge in [0, 0.05) is 31.0 Å². The minimum absolute atomic E-state index is 0.0792. The summed E-state index contributed by atoms with van der Waals surface area (Å²) in [5.41, 5.74) is 1.84. The van der Waals surface area contributed by atoms with Crippen LogP contribution in [0.4, 0.5) is 0 Å². The van der Waals surface area contributed by atoms with Crippen LogP contribution in [0.25, 0.3) is 5.78 Å². The molecule has 3 heterocycles. The molecule has 1 saturated heterocycles. The van der Waals surface area contributed by atoms with Crippen molar-refractivity contribution in [3.63, 3.8) is 0 Å². The average Bonchev–Trinajstić information content (AvgIpc) is 2.90. The topological polar surface area (TPSA) is 84.7 Å². The maximum absolute atomic E-state index is 12.1. The maximum atomic E-state index is 12.1. The third-order valence-corrected chi connectivity index (χ3v) is 4.11. The summed E-state index contributed by atoms with van der Waals surface area (Å²) in [7, 11) is 2.08. The number of ether oxygens (including phenoxy) is 1. The van der Waals surface area contributed by atoms with Gasteiger partial charge in [-0.1, -0.05) is 0 Å². The van der Waals surface area contributed by atoms with Gasteiger partial charge in [-0.2, -0.15) is 4.98 Å². The lowest BCUT2D eigenvalue weighted by molar-refractivity contribution is -0.120. The molecule has 0 aromatic carbocycles. The number of nitrogens with one attached hydrogen (secondary N) is 1. The minimum atomic E-state index is -0.0792. The fourth-order valence-electron chi connectivity index (χ4n) is 2.90. The van der Waals surface area contributed by atoms with Crippen LogP contribution in [0.1, 0.15) is 23.6 Å². The molecule has 0 saturated carbocycles. The first kappa shape index (κ1) is 16.8. The quantitative estimate of drug-likeness (QED) is 0.837. The van der Waals surface area contributed by atoms with Gasteiger partial charge in [-0.05, 0) is 33.4 Å². The van der Waals surface area contributed by atoms with Crippen LogP contribution in [-0.4, -0.2) is 69.8 Å². The van der Waals surface area contributed by atoms with Crippen LogP contribution in [0.5, 0.6) is 0 Å². The summed E-state index contributed by atoms with van der Waals surface area (Å²) in [6.45, 7) is 7.09. The van der Waals surface area contributed by atoms with E-state index in [4.69, 9.17) is 4.74 Å². The number of carbonyl (C=O) groups excluding carboxylic acids is 1. The van der Waals surface area contributed by atoms with E-state index in [1.54, 1.807) is 4.52 Å². The Kier molecular flexibility index (Phi) is 5.06. The molecule has 1 atom stereocenters. The van der Waals surface area contributed by atoms with Crippen molar-refractivity contribution < 1.29 is 9.53 Å². The standard InChI is InChI=1S/C16H24N6O2/c1-11-8-12(2)22-16(18-11)19-14(20-22)9-15(23)17-5-4-13-10-21(3)6-7-24-13/h8,13H,4-7,9-10H2,1-3H3,(H,17,23). The van der Waals surface area contributed by atoms with E-state index >= 15 is 0 Å². The first-order chi connectivity index (χ1) is 11.5. The average molecular weight is 332 g/mol. The van der Waals surface area contributed by atoms with Crippen molar-refractivity contribution in [1.29, 1.82) is 0 Å². The van der Waals surface area contributed by atoms with Crippen LogP contribution in [0.3, 0.4) is 0 Å². The smallest absolute Gasteiger partial charge is 0.252 e. The number of hydrogen-bond acceptors (Lipinski definition) is 6. The fraction of sp³-hybridized carbons (Fsp3) is 0.625. The number of aryl methyl sites for hydroxylation is 2. The van der Waals surface area contributed by atoms with Crippen molar-refractivity contribution in [1.82, 2.24) is 29.8 Å². The second-order valence-corrected chi connectivity index (χ2v) is 6.35. The molecule has 0 aliphatic carbocycles. The van der Waals surface area contributed by atoms with E-state index in [-0.39, 0.29) is 18.4 Å². The monoisotopic (exact) mass is 332 g/mol. The largest absolute Gasteiger partial charge is 0.375 e. The second-order valence-electron chi connectivity index (χ2n) is 6.35. The summed E-state index contributed by atoms with van der Waals surface area (Å²) >= 11 is 0. The number of carbonyl (C=O) groups is 1. The van der Waals surface area contributed by atoms with Crippen molar-refractivity contribution in [3.8, 4) is 0 Å². The van der Waals surface area contributed by atoms with Gasteiger partial charge in [-0.15, -0.1) is 5.10 Å². The molecule has 3 rings (SSSR count). The third-order valence-electron chi connectivity index (χ3n) is 4.11. The molecule has 0 bridgehead atoms. The maximum Gasteiger partial charge on any atom is 0.252 e.